The number of thiophene rings is 1. The standard InChI is InChI=1S/C18H18BrNO3S/c1-2-3-10-20-13-7-5-4-6-12(13)18(23,17(20)22)11-14(21)15-8-9-16(19)24-15/h4-9,23H,2-3,10-11H2,1H3/t18-/m1/s1. The van der Waals surface area contributed by atoms with Gasteiger partial charge in [-0.05, 0) is 40.5 Å². The molecular weight excluding hydrogens is 390 g/mol. The molecular formula is C18H18BrNO3S. The highest BCUT2D eigenvalue weighted by Crippen LogP contribution is 2.43. The van der Waals surface area contributed by atoms with Gasteiger partial charge in [-0.1, -0.05) is 31.5 Å². The number of Topliss-reactive ketones (excluding diaryl/α,β-unsaturated/α-hetero) is 1. The van der Waals surface area contributed by atoms with Gasteiger partial charge in [0.15, 0.2) is 11.4 Å². The topological polar surface area (TPSA) is 57.6 Å². The second-order valence-electron chi connectivity index (χ2n) is 5.89. The predicted molar refractivity (Wildman–Crippen MR) is 98.6 cm³/mol. The summed E-state index contributed by atoms with van der Waals surface area (Å²) in [6, 6.07) is 10.7. The van der Waals surface area contributed by atoms with E-state index in [1.54, 1.807) is 29.2 Å². The minimum atomic E-state index is -1.78. The van der Waals surface area contributed by atoms with Gasteiger partial charge >= 0.3 is 0 Å². The third kappa shape index (κ3) is 2.94. The van der Waals surface area contributed by atoms with Gasteiger partial charge in [-0.3, -0.25) is 9.59 Å². The molecule has 1 aromatic carbocycles. The summed E-state index contributed by atoms with van der Waals surface area (Å²) in [4.78, 5) is 27.6. The first kappa shape index (κ1) is 17.3. The fourth-order valence-corrected chi connectivity index (χ4v) is 4.32. The number of anilines is 1. The zero-order valence-corrected chi connectivity index (χ0v) is 15.7. The Morgan fingerprint density at radius 2 is 2.04 bits per heavy atom. The Morgan fingerprint density at radius 3 is 2.71 bits per heavy atom. The summed E-state index contributed by atoms with van der Waals surface area (Å²) in [5.41, 5.74) is -0.550. The molecule has 0 saturated carbocycles. The van der Waals surface area contributed by atoms with Crippen molar-refractivity contribution in [3.05, 3.63) is 50.6 Å². The van der Waals surface area contributed by atoms with Crippen LogP contribution in [0.4, 0.5) is 5.69 Å². The van der Waals surface area contributed by atoms with Gasteiger partial charge in [-0.2, -0.15) is 0 Å². The number of carbonyl (C=O) groups is 2. The zero-order chi connectivity index (χ0) is 17.3. The third-order valence-corrected chi connectivity index (χ3v) is 5.90. The summed E-state index contributed by atoms with van der Waals surface area (Å²) in [6.07, 6.45) is 1.56. The van der Waals surface area contributed by atoms with E-state index in [0.717, 1.165) is 16.6 Å². The number of hydrogen-bond acceptors (Lipinski definition) is 4. The van der Waals surface area contributed by atoms with Gasteiger partial charge in [0.25, 0.3) is 5.91 Å². The Balaban J connectivity index is 1.93. The van der Waals surface area contributed by atoms with Crippen LogP contribution in [0.3, 0.4) is 0 Å². The molecule has 1 amide bonds. The largest absolute Gasteiger partial charge is 0.375 e. The lowest BCUT2D eigenvalue weighted by atomic mass is 9.89. The molecule has 1 atom stereocenters. The third-order valence-electron chi connectivity index (χ3n) is 4.24. The number of amides is 1. The summed E-state index contributed by atoms with van der Waals surface area (Å²) in [5, 5.41) is 11.1. The molecule has 0 saturated heterocycles. The predicted octanol–water partition coefficient (Wildman–Crippen LogP) is 4.12. The number of carbonyl (C=O) groups excluding carboxylic acids is 2. The number of benzene rings is 1. The van der Waals surface area contributed by atoms with Crippen molar-refractivity contribution in [1.82, 2.24) is 0 Å². The first-order valence-corrected chi connectivity index (χ1v) is 9.50. The normalized spacial score (nSPS) is 19.6. The average Bonchev–Trinajstić information content (AvgIpc) is 3.09. The fraction of sp³-hybridized carbons (Fsp3) is 0.333. The number of hydrogen-bond donors (Lipinski definition) is 1. The number of fused-ring (bicyclic) bond motifs is 1. The molecule has 1 aliphatic rings. The number of para-hydroxylation sites is 1. The van der Waals surface area contributed by atoms with Crippen molar-refractivity contribution in [1.29, 1.82) is 0 Å². The Hall–Kier alpha value is -1.50. The number of rotatable bonds is 6. The van der Waals surface area contributed by atoms with E-state index in [9.17, 15) is 14.7 Å². The molecule has 0 radical (unpaired) electrons. The molecule has 3 rings (SSSR count). The van der Waals surface area contributed by atoms with E-state index in [0.29, 0.717) is 22.7 Å². The van der Waals surface area contributed by atoms with Crippen LogP contribution in [0.5, 0.6) is 0 Å². The van der Waals surface area contributed by atoms with Crippen molar-refractivity contribution >= 4 is 44.6 Å². The maximum absolute atomic E-state index is 12.9. The zero-order valence-electron chi connectivity index (χ0n) is 13.3. The van der Waals surface area contributed by atoms with Crippen molar-refractivity contribution in [3.63, 3.8) is 0 Å². The van der Waals surface area contributed by atoms with E-state index in [1.165, 1.54) is 11.3 Å². The van der Waals surface area contributed by atoms with Crippen LogP contribution in [-0.4, -0.2) is 23.3 Å². The van der Waals surface area contributed by atoms with E-state index in [-0.39, 0.29) is 12.2 Å². The summed E-state index contributed by atoms with van der Waals surface area (Å²) in [5.74, 6) is -0.630. The lowest BCUT2D eigenvalue weighted by Crippen LogP contribution is -2.42. The molecule has 6 heteroatoms. The smallest absolute Gasteiger partial charge is 0.264 e. The number of aliphatic hydroxyl groups is 1. The van der Waals surface area contributed by atoms with Crippen LogP contribution >= 0.6 is 27.3 Å². The minimum absolute atomic E-state index is 0.228. The van der Waals surface area contributed by atoms with Gasteiger partial charge in [0.1, 0.15) is 0 Å². The van der Waals surface area contributed by atoms with Crippen molar-refractivity contribution in [2.45, 2.75) is 31.8 Å². The highest BCUT2D eigenvalue weighted by Gasteiger charge is 2.50. The summed E-state index contributed by atoms with van der Waals surface area (Å²) in [7, 11) is 0. The molecule has 0 spiro atoms. The highest BCUT2D eigenvalue weighted by molar-refractivity contribution is 9.11. The molecule has 2 aromatic rings. The van der Waals surface area contributed by atoms with E-state index >= 15 is 0 Å². The van der Waals surface area contributed by atoms with Crippen molar-refractivity contribution < 1.29 is 14.7 Å². The van der Waals surface area contributed by atoms with Crippen LogP contribution < -0.4 is 4.90 Å². The monoisotopic (exact) mass is 407 g/mol. The summed E-state index contributed by atoms with van der Waals surface area (Å²) < 4.78 is 0.848. The Kier molecular flexibility index (Phi) is 4.90. The van der Waals surface area contributed by atoms with Crippen LogP contribution in [0, 0.1) is 0 Å². The molecule has 2 heterocycles. The van der Waals surface area contributed by atoms with Crippen LogP contribution in [0.25, 0.3) is 0 Å². The molecule has 1 N–H and O–H groups in total. The van der Waals surface area contributed by atoms with E-state index < -0.39 is 11.5 Å². The van der Waals surface area contributed by atoms with Crippen LogP contribution in [0.2, 0.25) is 0 Å². The second-order valence-corrected chi connectivity index (χ2v) is 8.35. The van der Waals surface area contributed by atoms with Crippen LogP contribution in [-0.2, 0) is 10.4 Å². The highest BCUT2D eigenvalue weighted by atomic mass is 79.9. The first-order valence-electron chi connectivity index (χ1n) is 7.89. The molecule has 1 aromatic heterocycles. The summed E-state index contributed by atoms with van der Waals surface area (Å²) >= 11 is 4.64. The number of ketones is 1. The van der Waals surface area contributed by atoms with Gasteiger partial charge in [-0.15, -0.1) is 11.3 Å². The van der Waals surface area contributed by atoms with Gasteiger partial charge in [0, 0.05) is 12.1 Å². The van der Waals surface area contributed by atoms with Crippen molar-refractivity contribution in [3.8, 4) is 0 Å². The maximum atomic E-state index is 12.9. The van der Waals surface area contributed by atoms with Crippen molar-refractivity contribution in [2.75, 3.05) is 11.4 Å². The van der Waals surface area contributed by atoms with Gasteiger partial charge in [-0.25, -0.2) is 0 Å². The molecule has 1 aliphatic heterocycles. The second kappa shape index (κ2) is 6.78. The summed E-state index contributed by atoms with van der Waals surface area (Å²) in [6.45, 7) is 2.60. The Morgan fingerprint density at radius 1 is 1.29 bits per heavy atom. The molecule has 126 valence electrons. The quantitative estimate of drug-likeness (QED) is 0.732. The van der Waals surface area contributed by atoms with E-state index in [2.05, 4.69) is 22.9 Å². The minimum Gasteiger partial charge on any atom is -0.375 e. The lowest BCUT2D eigenvalue weighted by Gasteiger charge is -2.22. The van der Waals surface area contributed by atoms with Crippen LogP contribution in [0.1, 0.15) is 41.4 Å². The number of nitrogens with zero attached hydrogens (tertiary/aromatic N) is 1. The molecule has 24 heavy (non-hydrogen) atoms. The van der Waals surface area contributed by atoms with Gasteiger partial charge in [0.2, 0.25) is 0 Å². The SMILES string of the molecule is CCCCN1C(=O)[C@@](O)(CC(=O)c2ccc(Br)s2)c2ccccc21. The number of halogens is 1. The van der Waals surface area contributed by atoms with E-state index in [1.807, 2.05) is 12.1 Å². The fourth-order valence-electron chi connectivity index (χ4n) is 3.00. The van der Waals surface area contributed by atoms with Crippen LogP contribution in [0.15, 0.2) is 40.2 Å². The van der Waals surface area contributed by atoms with Gasteiger partial charge in [0.05, 0.1) is 20.8 Å². The van der Waals surface area contributed by atoms with Gasteiger partial charge < -0.3 is 10.0 Å². The number of unbranched alkanes of at least 4 members (excludes halogenated alkanes) is 1. The molecule has 0 aliphatic carbocycles. The average molecular weight is 408 g/mol. The molecule has 0 unspecified atom stereocenters. The van der Waals surface area contributed by atoms with Crippen molar-refractivity contribution in [2.24, 2.45) is 0 Å². The Labute approximate surface area is 153 Å². The first-order chi connectivity index (χ1) is 11.5. The molecule has 0 fully saturated rings. The lowest BCUT2D eigenvalue weighted by molar-refractivity contribution is -0.135. The van der Waals surface area contributed by atoms with E-state index in [4.69, 9.17) is 0 Å². The molecule has 0 bridgehead atoms. The Bertz CT molecular complexity index is 788. The molecule has 4 nitrogen and oxygen atoms in total. The maximum Gasteiger partial charge on any atom is 0.264 e.